The first kappa shape index (κ1) is 27.9. The van der Waals surface area contributed by atoms with Crippen LogP contribution in [0.15, 0.2) is 65.7 Å². The highest BCUT2D eigenvalue weighted by molar-refractivity contribution is 8.01. The third-order valence-electron chi connectivity index (χ3n) is 6.91. The predicted molar refractivity (Wildman–Crippen MR) is 152 cm³/mol. The zero-order chi connectivity index (χ0) is 27.1. The number of carboxylic acids is 1. The number of amides is 1. The predicted octanol–water partition coefficient (Wildman–Crippen LogP) is 5.65. The lowest BCUT2D eigenvalue weighted by Crippen LogP contribution is -2.48. The van der Waals surface area contributed by atoms with Crippen molar-refractivity contribution in [3.05, 3.63) is 72.1 Å². The second-order valence-corrected chi connectivity index (χ2v) is 12.0. The molecule has 1 aromatic heterocycles. The Morgan fingerprint density at radius 2 is 1.66 bits per heavy atom. The molecule has 0 atom stereocenters. The highest BCUT2D eigenvalue weighted by atomic mass is 32.2. The number of carbonyl (C=O) groups excluding carboxylic acids is 1. The summed E-state index contributed by atoms with van der Waals surface area (Å²) in [6.07, 6.45) is 5.16. The van der Waals surface area contributed by atoms with Crippen molar-refractivity contribution in [3.63, 3.8) is 0 Å². The van der Waals surface area contributed by atoms with E-state index in [1.807, 2.05) is 41.4 Å². The molecule has 202 valence electrons. The van der Waals surface area contributed by atoms with Gasteiger partial charge in [0.05, 0.1) is 0 Å². The van der Waals surface area contributed by atoms with Crippen molar-refractivity contribution < 1.29 is 14.7 Å². The van der Waals surface area contributed by atoms with Crippen molar-refractivity contribution in [1.82, 2.24) is 19.4 Å². The molecule has 0 aliphatic carbocycles. The Morgan fingerprint density at radius 3 is 2.29 bits per heavy atom. The Bertz CT molecular complexity index is 1220. The van der Waals surface area contributed by atoms with Crippen LogP contribution in [0.2, 0.25) is 0 Å². The van der Waals surface area contributed by atoms with Crippen molar-refractivity contribution >= 4 is 23.6 Å². The Kier molecular flexibility index (Phi) is 9.28. The number of nitrogens with zero attached hydrogens (tertiary/aromatic N) is 4. The molecule has 8 heteroatoms. The first-order valence-electron chi connectivity index (χ1n) is 13.4. The number of unbranched alkanes of at least 4 members (excludes halogenated alkanes) is 2. The van der Waals surface area contributed by atoms with E-state index >= 15 is 0 Å². The average Bonchev–Trinajstić information content (AvgIpc) is 3.34. The number of aryl methyl sites for hydroxylation is 1. The molecule has 1 saturated heterocycles. The lowest BCUT2D eigenvalue weighted by atomic mass is 10.2. The van der Waals surface area contributed by atoms with Gasteiger partial charge in [-0.3, -0.25) is 14.5 Å². The molecule has 1 aliphatic rings. The molecule has 1 N–H and O–H groups in total. The van der Waals surface area contributed by atoms with Gasteiger partial charge in [-0.15, -0.1) is 11.8 Å². The van der Waals surface area contributed by atoms with Crippen LogP contribution in [0.4, 0.5) is 0 Å². The summed E-state index contributed by atoms with van der Waals surface area (Å²) in [5.41, 5.74) is 2.70. The Labute approximate surface area is 229 Å². The summed E-state index contributed by atoms with van der Waals surface area (Å²) >= 11 is 1.32. The van der Waals surface area contributed by atoms with E-state index in [0.717, 1.165) is 61.7 Å². The van der Waals surface area contributed by atoms with Gasteiger partial charge >= 0.3 is 5.97 Å². The molecule has 2 heterocycles. The van der Waals surface area contributed by atoms with E-state index in [1.54, 1.807) is 13.8 Å². The first-order chi connectivity index (χ1) is 18.3. The summed E-state index contributed by atoms with van der Waals surface area (Å²) < 4.78 is 1.18. The maximum Gasteiger partial charge on any atom is 0.319 e. The number of carbonyl (C=O) groups is 2. The molecule has 3 aromatic rings. The molecule has 0 radical (unpaired) electrons. The highest BCUT2D eigenvalue weighted by Gasteiger charge is 2.29. The molecule has 0 bridgehead atoms. The quantitative estimate of drug-likeness (QED) is 0.253. The Balaban J connectivity index is 1.46. The van der Waals surface area contributed by atoms with Gasteiger partial charge in [0, 0.05) is 55.9 Å². The van der Waals surface area contributed by atoms with E-state index in [9.17, 15) is 14.7 Å². The summed E-state index contributed by atoms with van der Waals surface area (Å²) in [5, 5.41) is 9.44. The topological polar surface area (TPSA) is 78.7 Å². The fourth-order valence-corrected chi connectivity index (χ4v) is 5.52. The second kappa shape index (κ2) is 12.6. The summed E-state index contributed by atoms with van der Waals surface area (Å²) in [5.74, 6) is -0.0847. The van der Waals surface area contributed by atoms with E-state index in [2.05, 4.69) is 40.7 Å². The molecule has 2 aromatic carbocycles. The zero-order valence-corrected chi connectivity index (χ0v) is 23.4. The van der Waals surface area contributed by atoms with Gasteiger partial charge < -0.3 is 14.6 Å². The van der Waals surface area contributed by atoms with Gasteiger partial charge in [0.25, 0.3) is 5.91 Å². The standard InChI is InChI=1S/C30H38N4O3S/c1-4-5-9-16-34-22-26(28(35)33-19-17-32(18-20-33)21-23-10-7-6-8-11-23)31-27(34)24-12-14-25(15-13-24)38-30(2,3)29(36)37/h6-8,10-15,22H,4-5,9,16-21H2,1-3H3,(H,36,37). The van der Waals surface area contributed by atoms with Gasteiger partial charge in [-0.2, -0.15) is 0 Å². The molecular weight excluding hydrogens is 496 g/mol. The van der Waals surface area contributed by atoms with Crippen molar-refractivity contribution in [3.8, 4) is 11.4 Å². The normalized spacial score (nSPS) is 14.6. The van der Waals surface area contributed by atoms with Gasteiger partial charge in [-0.25, -0.2) is 4.98 Å². The number of imidazole rings is 1. The molecule has 1 amide bonds. The van der Waals surface area contributed by atoms with Gasteiger partial charge in [0.1, 0.15) is 16.3 Å². The van der Waals surface area contributed by atoms with Crippen molar-refractivity contribution in [2.24, 2.45) is 0 Å². The van der Waals surface area contributed by atoms with Crippen LogP contribution < -0.4 is 0 Å². The maximum absolute atomic E-state index is 13.4. The number of hydrogen-bond donors (Lipinski definition) is 1. The monoisotopic (exact) mass is 534 g/mol. The molecule has 4 rings (SSSR count). The van der Waals surface area contributed by atoms with Crippen molar-refractivity contribution in [2.45, 2.75) is 62.8 Å². The molecule has 1 aliphatic heterocycles. The minimum absolute atomic E-state index is 0.0183. The smallest absolute Gasteiger partial charge is 0.319 e. The van der Waals surface area contributed by atoms with Crippen LogP contribution in [0.3, 0.4) is 0 Å². The SMILES string of the molecule is CCCCCn1cc(C(=O)N2CCN(Cc3ccccc3)CC2)nc1-c1ccc(SC(C)(C)C(=O)O)cc1. The maximum atomic E-state index is 13.4. The van der Waals surface area contributed by atoms with Crippen molar-refractivity contribution in [2.75, 3.05) is 26.2 Å². The number of benzene rings is 2. The van der Waals surface area contributed by atoms with Gasteiger partial charge in [0.15, 0.2) is 0 Å². The number of thioether (sulfide) groups is 1. The summed E-state index contributed by atoms with van der Waals surface area (Å²) in [4.78, 5) is 34.9. The van der Waals surface area contributed by atoms with Crippen LogP contribution in [0.5, 0.6) is 0 Å². The third-order valence-corrected chi connectivity index (χ3v) is 8.10. The fourth-order valence-electron chi connectivity index (χ4n) is 4.57. The van der Waals surface area contributed by atoms with Crippen LogP contribution in [0.25, 0.3) is 11.4 Å². The third kappa shape index (κ3) is 7.05. The van der Waals surface area contributed by atoms with E-state index in [-0.39, 0.29) is 5.91 Å². The number of piperazine rings is 1. The van der Waals surface area contributed by atoms with Crippen LogP contribution in [0, 0.1) is 0 Å². The van der Waals surface area contributed by atoms with Crippen LogP contribution in [0.1, 0.15) is 56.1 Å². The fraction of sp³-hybridized carbons (Fsp3) is 0.433. The second-order valence-electron chi connectivity index (χ2n) is 10.3. The summed E-state index contributed by atoms with van der Waals surface area (Å²) in [7, 11) is 0. The Morgan fingerprint density at radius 1 is 0.974 bits per heavy atom. The molecule has 1 fully saturated rings. The minimum atomic E-state index is -0.912. The van der Waals surface area contributed by atoms with Crippen LogP contribution in [-0.4, -0.2) is 67.3 Å². The molecule has 0 saturated carbocycles. The van der Waals surface area contributed by atoms with Gasteiger partial charge in [-0.05, 0) is 38.0 Å². The van der Waals surface area contributed by atoms with Crippen LogP contribution >= 0.6 is 11.8 Å². The summed E-state index contributed by atoms with van der Waals surface area (Å²) in [6.45, 7) is 10.3. The molecule has 38 heavy (non-hydrogen) atoms. The number of aliphatic carboxylic acids is 1. The lowest BCUT2D eigenvalue weighted by Gasteiger charge is -2.34. The number of aromatic nitrogens is 2. The lowest BCUT2D eigenvalue weighted by molar-refractivity contribution is -0.138. The van der Waals surface area contributed by atoms with E-state index in [0.29, 0.717) is 18.8 Å². The van der Waals surface area contributed by atoms with Crippen molar-refractivity contribution in [1.29, 1.82) is 0 Å². The summed E-state index contributed by atoms with van der Waals surface area (Å²) in [6, 6.07) is 18.2. The van der Waals surface area contributed by atoms with E-state index in [1.165, 1.54) is 17.3 Å². The highest BCUT2D eigenvalue weighted by Crippen LogP contribution is 2.34. The Hall–Kier alpha value is -3.10. The van der Waals surface area contributed by atoms with Gasteiger partial charge in [0.2, 0.25) is 0 Å². The number of rotatable bonds is 11. The minimum Gasteiger partial charge on any atom is -0.480 e. The first-order valence-corrected chi connectivity index (χ1v) is 14.2. The average molecular weight is 535 g/mol. The number of carboxylic acid groups (broad SMARTS) is 1. The van der Waals surface area contributed by atoms with E-state index < -0.39 is 10.7 Å². The largest absolute Gasteiger partial charge is 0.480 e. The van der Waals surface area contributed by atoms with Gasteiger partial charge in [-0.1, -0.05) is 62.2 Å². The molecule has 7 nitrogen and oxygen atoms in total. The van der Waals surface area contributed by atoms with E-state index in [4.69, 9.17) is 4.98 Å². The van der Waals surface area contributed by atoms with Crippen LogP contribution in [-0.2, 0) is 17.9 Å². The zero-order valence-electron chi connectivity index (χ0n) is 22.6. The molecule has 0 spiro atoms. The number of hydrogen-bond acceptors (Lipinski definition) is 5. The molecule has 0 unspecified atom stereocenters. The molecular formula is C30H38N4O3S.